The number of aliphatic hydroxyl groups is 1. The van der Waals surface area contributed by atoms with Gasteiger partial charge in [0.05, 0.1) is 24.2 Å². The number of rotatable bonds is 5. The molecule has 0 atom stereocenters. The van der Waals surface area contributed by atoms with Crippen LogP contribution in [0.1, 0.15) is 18.7 Å². The molecule has 2 fully saturated rings. The third-order valence-corrected chi connectivity index (χ3v) is 6.16. The maximum absolute atomic E-state index is 13.6. The Morgan fingerprint density at radius 2 is 1.87 bits per heavy atom. The number of benzene rings is 1. The number of fused-ring (bicyclic) bond motifs is 3. The van der Waals surface area contributed by atoms with Crippen LogP contribution in [-0.4, -0.2) is 66.9 Å². The van der Waals surface area contributed by atoms with Crippen LogP contribution in [0, 0.1) is 0 Å². The lowest BCUT2D eigenvalue weighted by molar-refractivity contribution is 0.0364. The molecule has 1 aliphatic carbocycles. The summed E-state index contributed by atoms with van der Waals surface area (Å²) in [5, 5.41) is 14.2. The van der Waals surface area contributed by atoms with Crippen molar-refractivity contribution in [3.63, 3.8) is 0 Å². The van der Waals surface area contributed by atoms with Crippen LogP contribution in [0.3, 0.4) is 0 Å². The maximum atomic E-state index is 13.6. The van der Waals surface area contributed by atoms with E-state index < -0.39 is 5.60 Å². The highest BCUT2D eigenvalue weighted by atomic mass is 16.5. The molecule has 1 saturated heterocycles. The average Bonchev–Trinajstić information content (AvgIpc) is 3.20. The first-order chi connectivity index (χ1) is 15.1. The zero-order chi connectivity index (χ0) is 21.0. The molecule has 10 nitrogen and oxygen atoms in total. The van der Waals surface area contributed by atoms with E-state index >= 15 is 0 Å². The molecule has 4 heterocycles. The van der Waals surface area contributed by atoms with Gasteiger partial charge in [-0.15, -0.1) is 0 Å². The number of nitrogens with zero attached hydrogens (tertiary/aromatic N) is 6. The molecule has 0 radical (unpaired) electrons. The first kappa shape index (κ1) is 18.7. The average molecular weight is 422 g/mol. The van der Waals surface area contributed by atoms with Gasteiger partial charge in [-0.1, -0.05) is 17.3 Å². The molecule has 0 unspecified atom stereocenters. The molecular weight excluding hydrogens is 400 g/mol. The lowest BCUT2D eigenvalue weighted by Gasteiger charge is -2.27. The molecule has 10 heteroatoms. The second-order valence-electron chi connectivity index (χ2n) is 8.17. The van der Waals surface area contributed by atoms with Crippen molar-refractivity contribution in [3.8, 4) is 11.6 Å². The molecule has 0 amide bonds. The van der Waals surface area contributed by atoms with E-state index in [1.165, 1.54) is 0 Å². The SMILES string of the molecule is O=c1c2c(-c3nc(C4(O)CC4)no3)ncn2c2ccccc2n1CCN1CCOCC1. The van der Waals surface area contributed by atoms with Gasteiger partial charge < -0.3 is 18.9 Å². The van der Waals surface area contributed by atoms with E-state index in [4.69, 9.17) is 9.26 Å². The van der Waals surface area contributed by atoms with E-state index in [1.807, 2.05) is 24.3 Å². The summed E-state index contributed by atoms with van der Waals surface area (Å²) >= 11 is 0. The van der Waals surface area contributed by atoms with Crippen molar-refractivity contribution in [1.82, 2.24) is 29.0 Å². The Bertz CT molecular complexity index is 1330. The Kier molecular flexibility index (Phi) is 4.20. The molecule has 0 bridgehead atoms. The summed E-state index contributed by atoms with van der Waals surface area (Å²) in [6, 6.07) is 7.77. The van der Waals surface area contributed by atoms with Crippen LogP contribution in [0.5, 0.6) is 0 Å². The molecule has 1 aliphatic heterocycles. The molecular formula is C21H22N6O4. The zero-order valence-corrected chi connectivity index (χ0v) is 16.9. The van der Waals surface area contributed by atoms with Gasteiger partial charge in [0.25, 0.3) is 11.4 Å². The Hall–Kier alpha value is -3.08. The molecule has 160 valence electrons. The van der Waals surface area contributed by atoms with Crippen molar-refractivity contribution in [2.24, 2.45) is 0 Å². The summed E-state index contributed by atoms with van der Waals surface area (Å²) < 4.78 is 14.4. The first-order valence-corrected chi connectivity index (χ1v) is 10.5. The summed E-state index contributed by atoms with van der Waals surface area (Å²) in [7, 11) is 0. The summed E-state index contributed by atoms with van der Waals surface area (Å²) in [4.78, 5) is 24.7. The van der Waals surface area contributed by atoms with Crippen molar-refractivity contribution in [3.05, 3.63) is 46.8 Å². The van der Waals surface area contributed by atoms with Crippen LogP contribution in [0.2, 0.25) is 0 Å². The second-order valence-corrected chi connectivity index (χ2v) is 8.17. The highest BCUT2D eigenvalue weighted by Gasteiger charge is 2.47. The van der Waals surface area contributed by atoms with Gasteiger partial charge in [-0.05, 0) is 25.0 Å². The predicted octanol–water partition coefficient (Wildman–Crippen LogP) is 1.01. The van der Waals surface area contributed by atoms with Crippen LogP contribution < -0.4 is 5.56 Å². The van der Waals surface area contributed by atoms with Crippen molar-refractivity contribution in [2.45, 2.75) is 25.0 Å². The van der Waals surface area contributed by atoms with Crippen molar-refractivity contribution < 1.29 is 14.4 Å². The Morgan fingerprint density at radius 1 is 1.10 bits per heavy atom. The van der Waals surface area contributed by atoms with E-state index in [-0.39, 0.29) is 17.3 Å². The van der Waals surface area contributed by atoms with Gasteiger partial charge in [0.15, 0.2) is 5.69 Å². The van der Waals surface area contributed by atoms with Crippen LogP contribution in [0.15, 0.2) is 39.9 Å². The number of morpholine rings is 1. The lowest BCUT2D eigenvalue weighted by atomic mass is 10.2. The van der Waals surface area contributed by atoms with Crippen molar-refractivity contribution in [2.75, 3.05) is 32.8 Å². The molecule has 0 spiro atoms. The topological polar surface area (TPSA) is 111 Å². The van der Waals surface area contributed by atoms with E-state index in [1.54, 1.807) is 15.3 Å². The molecule has 1 aromatic carbocycles. The first-order valence-electron chi connectivity index (χ1n) is 10.5. The summed E-state index contributed by atoms with van der Waals surface area (Å²) in [5.74, 6) is 0.391. The predicted molar refractivity (Wildman–Crippen MR) is 111 cm³/mol. The van der Waals surface area contributed by atoms with Crippen LogP contribution in [0.4, 0.5) is 0 Å². The third kappa shape index (κ3) is 3.06. The van der Waals surface area contributed by atoms with Crippen LogP contribution in [0.25, 0.3) is 28.1 Å². The minimum Gasteiger partial charge on any atom is -0.382 e. The van der Waals surface area contributed by atoms with Crippen LogP contribution in [-0.2, 0) is 16.9 Å². The molecule has 4 aromatic rings. The Balaban J connectivity index is 1.47. The number of ether oxygens (including phenoxy) is 1. The van der Waals surface area contributed by atoms with E-state index in [0.29, 0.717) is 43.8 Å². The largest absolute Gasteiger partial charge is 0.382 e. The van der Waals surface area contributed by atoms with Gasteiger partial charge in [-0.2, -0.15) is 4.98 Å². The zero-order valence-electron chi connectivity index (χ0n) is 16.9. The minimum absolute atomic E-state index is 0.143. The highest BCUT2D eigenvalue weighted by Crippen LogP contribution is 2.44. The smallest absolute Gasteiger partial charge is 0.279 e. The van der Waals surface area contributed by atoms with Gasteiger partial charge in [-0.25, -0.2) is 4.98 Å². The normalized spacial score (nSPS) is 18.7. The van der Waals surface area contributed by atoms with E-state index in [0.717, 1.165) is 30.7 Å². The van der Waals surface area contributed by atoms with E-state index in [2.05, 4.69) is 20.0 Å². The fourth-order valence-electron chi connectivity index (χ4n) is 4.16. The van der Waals surface area contributed by atoms with Crippen molar-refractivity contribution in [1.29, 1.82) is 0 Å². The number of hydrogen-bond acceptors (Lipinski definition) is 8. The Morgan fingerprint density at radius 3 is 2.65 bits per heavy atom. The van der Waals surface area contributed by atoms with Gasteiger partial charge in [0.2, 0.25) is 5.82 Å². The number of imidazole rings is 1. The number of hydrogen-bond donors (Lipinski definition) is 1. The van der Waals surface area contributed by atoms with Gasteiger partial charge in [-0.3, -0.25) is 14.1 Å². The monoisotopic (exact) mass is 422 g/mol. The van der Waals surface area contributed by atoms with Crippen molar-refractivity contribution >= 4 is 16.6 Å². The fourth-order valence-corrected chi connectivity index (χ4v) is 4.16. The van der Waals surface area contributed by atoms with Gasteiger partial charge in [0.1, 0.15) is 17.4 Å². The maximum Gasteiger partial charge on any atom is 0.279 e. The molecule has 3 aromatic heterocycles. The van der Waals surface area contributed by atoms with E-state index in [9.17, 15) is 9.90 Å². The summed E-state index contributed by atoms with van der Waals surface area (Å²) in [6.45, 7) is 4.46. The Labute approximate surface area is 176 Å². The highest BCUT2D eigenvalue weighted by molar-refractivity contribution is 5.83. The fraction of sp³-hybridized carbons (Fsp3) is 0.429. The molecule has 6 rings (SSSR count). The quantitative estimate of drug-likeness (QED) is 0.507. The summed E-state index contributed by atoms with van der Waals surface area (Å²) in [6.07, 6.45) is 2.82. The third-order valence-electron chi connectivity index (χ3n) is 6.16. The summed E-state index contributed by atoms with van der Waals surface area (Å²) in [5.41, 5.74) is 1.26. The lowest BCUT2D eigenvalue weighted by Crippen LogP contribution is -2.39. The molecule has 2 aliphatic rings. The number of aromatic nitrogens is 5. The standard InChI is InChI=1S/C21H22N6O4/c28-19-17-16(18-23-20(24-31-18)21(29)5-6-21)22-13-27(17)15-4-2-1-3-14(15)26(19)8-7-25-9-11-30-12-10-25/h1-4,13,29H,5-12H2. The molecule has 31 heavy (non-hydrogen) atoms. The van der Waals surface area contributed by atoms with Gasteiger partial charge in [0, 0.05) is 26.2 Å². The minimum atomic E-state index is -1.01. The molecule has 1 N–H and O–H groups in total. The van der Waals surface area contributed by atoms with Gasteiger partial charge >= 0.3 is 0 Å². The van der Waals surface area contributed by atoms with Crippen LogP contribution >= 0.6 is 0 Å². The molecule has 1 saturated carbocycles. The second kappa shape index (κ2) is 6.98. The number of para-hydroxylation sites is 2.